The van der Waals surface area contributed by atoms with Crippen molar-refractivity contribution in [1.82, 2.24) is 14.7 Å². The molecule has 1 N–H and O–H groups in total. The number of hydrogen-bond donors (Lipinski definition) is 1. The van der Waals surface area contributed by atoms with Gasteiger partial charge in [-0.2, -0.15) is 5.10 Å². The molecule has 6 nitrogen and oxygen atoms in total. The third kappa shape index (κ3) is 3.57. The Kier molecular flexibility index (Phi) is 4.88. The highest BCUT2D eigenvalue weighted by Gasteiger charge is 2.26. The number of likely N-dealkylation sites (tertiary alicyclic amines) is 1. The summed E-state index contributed by atoms with van der Waals surface area (Å²) in [6.45, 7) is 5.16. The smallest absolute Gasteiger partial charge is 0.339 e. The Balaban J connectivity index is 1.61. The average molecular weight is 341 g/mol. The third-order valence-electron chi connectivity index (χ3n) is 5.04. The van der Waals surface area contributed by atoms with Crippen LogP contribution in [0.2, 0.25) is 0 Å². The van der Waals surface area contributed by atoms with Crippen molar-refractivity contribution < 1.29 is 14.7 Å². The number of nitrogens with zero attached hydrogens (tertiary/aromatic N) is 3. The standard InChI is InChI=1S/C19H23N3O3/c1-13-5-3-4-6-15(13)11-18(23)21-9-7-16(8-10-21)22-14(2)17(12-20-22)19(24)25/h3-6,12,16H,7-11H2,1-2H3,(H,24,25). The Bertz CT molecular complexity index is 789. The highest BCUT2D eigenvalue weighted by molar-refractivity contribution is 5.88. The van der Waals surface area contributed by atoms with E-state index >= 15 is 0 Å². The number of hydrogen-bond acceptors (Lipinski definition) is 3. The molecule has 1 saturated heterocycles. The summed E-state index contributed by atoms with van der Waals surface area (Å²) in [7, 11) is 0. The maximum absolute atomic E-state index is 12.5. The van der Waals surface area contributed by atoms with E-state index in [2.05, 4.69) is 5.10 Å². The van der Waals surface area contributed by atoms with Crippen LogP contribution in [0.15, 0.2) is 30.5 Å². The summed E-state index contributed by atoms with van der Waals surface area (Å²) in [5, 5.41) is 13.4. The molecule has 1 aromatic heterocycles. The van der Waals surface area contributed by atoms with Crippen LogP contribution in [0.1, 0.15) is 46.1 Å². The summed E-state index contributed by atoms with van der Waals surface area (Å²) >= 11 is 0. The van der Waals surface area contributed by atoms with Crippen LogP contribution in [0.4, 0.5) is 0 Å². The molecule has 1 fully saturated rings. The first kappa shape index (κ1) is 17.2. The molecular weight excluding hydrogens is 318 g/mol. The highest BCUT2D eigenvalue weighted by Crippen LogP contribution is 2.25. The molecule has 6 heteroatoms. The van der Waals surface area contributed by atoms with Crippen molar-refractivity contribution in [2.24, 2.45) is 0 Å². The van der Waals surface area contributed by atoms with Gasteiger partial charge in [-0.3, -0.25) is 9.48 Å². The second-order valence-electron chi connectivity index (χ2n) is 6.61. The number of carboxylic acids is 1. The SMILES string of the molecule is Cc1ccccc1CC(=O)N1CCC(n2ncc(C(=O)O)c2C)CC1. The fourth-order valence-electron chi connectivity index (χ4n) is 3.44. The van der Waals surface area contributed by atoms with Crippen molar-refractivity contribution in [2.75, 3.05) is 13.1 Å². The van der Waals surface area contributed by atoms with Crippen LogP contribution in [0.25, 0.3) is 0 Å². The molecule has 3 rings (SSSR count). The molecular formula is C19H23N3O3. The zero-order chi connectivity index (χ0) is 18.0. The van der Waals surface area contributed by atoms with Crippen LogP contribution in [0.5, 0.6) is 0 Å². The van der Waals surface area contributed by atoms with Gasteiger partial charge in [0.05, 0.1) is 24.4 Å². The predicted molar refractivity (Wildman–Crippen MR) is 93.7 cm³/mol. The number of rotatable bonds is 4. The maximum Gasteiger partial charge on any atom is 0.339 e. The molecule has 1 aliphatic rings. The van der Waals surface area contributed by atoms with Gasteiger partial charge in [-0.1, -0.05) is 24.3 Å². The first-order valence-corrected chi connectivity index (χ1v) is 8.57. The molecule has 0 saturated carbocycles. The molecule has 2 aromatic rings. The molecule has 0 aliphatic carbocycles. The van der Waals surface area contributed by atoms with Gasteiger partial charge in [-0.05, 0) is 37.8 Å². The van der Waals surface area contributed by atoms with Gasteiger partial charge in [0.1, 0.15) is 5.56 Å². The van der Waals surface area contributed by atoms with Crippen LogP contribution in [-0.2, 0) is 11.2 Å². The molecule has 0 radical (unpaired) electrons. The fraction of sp³-hybridized carbons (Fsp3) is 0.421. The van der Waals surface area contributed by atoms with Gasteiger partial charge < -0.3 is 10.0 Å². The summed E-state index contributed by atoms with van der Waals surface area (Å²) in [6.07, 6.45) is 3.43. The minimum atomic E-state index is -0.949. The Labute approximate surface area is 147 Å². The molecule has 1 aliphatic heterocycles. The van der Waals surface area contributed by atoms with E-state index in [9.17, 15) is 9.59 Å². The number of carboxylic acid groups (broad SMARTS) is 1. The van der Waals surface area contributed by atoms with Crippen molar-refractivity contribution >= 4 is 11.9 Å². The van der Waals surface area contributed by atoms with Gasteiger partial charge in [0.15, 0.2) is 0 Å². The molecule has 0 atom stereocenters. The van der Waals surface area contributed by atoms with Crippen LogP contribution >= 0.6 is 0 Å². The van der Waals surface area contributed by atoms with E-state index in [0.29, 0.717) is 25.2 Å². The number of benzene rings is 1. The molecule has 2 heterocycles. The Hall–Kier alpha value is -2.63. The first-order valence-electron chi connectivity index (χ1n) is 8.57. The molecule has 1 aromatic carbocycles. The van der Waals surface area contributed by atoms with E-state index in [1.807, 2.05) is 36.1 Å². The van der Waals surface area contributed by atoms with Crippen molar-refractivity contribution in [1.29, 1.82) is 0 Å². The third-order valence-corrected chi connectivity index (χ3v) is 5.04. The Morgan fingerprint density at radius 2 is 1.88 bits per heavy atom. The Morgan fingerprint density at radius 1 is 1.20 bits per heavy atom. The van der Waals surface area contributed by atoms with Crippen LogP contribution in [0, 0.1) is 13.8 Å². The van der Waals surface area contributed by atoms with E-state index in [0.717, 1.165) is 24.0 Å². The van der Waals surface area contributed by atoms with Gasteiger partial charge >= 0.3 is 5.97 Å². The van der Waals surface area contributed by atoms with Gasteiger partial charge in [0, 0.05) is 13.1 Å². The molecule has 0 unspecified atom stereocenters. The molecule has 0 spiro atoms. The van der Waals surface area contributed by atoms with E-state index in [1.165, 1.54) is 6.20 Å². The first-order chi connectivity index (χ1) is 12.0. The number of amides is 1. The van der Waals surface area contributed by atoms with E-state index < -0.39 is 5.97 Å². The number of aryl methyl sites for hydroxylation is 1. The lowest BCUT2D eigenvalue weighted by molar-refractivity contribution is -0.131. The van der Waals surface area contributed by atoms with Crippen molar-refractivity contribution in [2.45, 2.75) is 39.2 Å². The lowest BCUT2D eigenvalue weighted by atomic mass is 10.0. The van der Waals surface area contributed by atoms with Gasteiger partial charge in [-0.15, -0.1) is 0 Å². The van der Waals surface area contributed by atoms with Crippen LogP contribution in [-0.4, -0.2) is 44.8 Å². The number of piperidine rings is 1. The van der Waals surface area contributed by atoms with Gasteiger partial charge in [0.25, 0.3) is 0 Å². The number of aromatic carboxylic acids is 1. The van der Waals surface area contributed by atoms with E-state index in [4.69, 9.17) is 5.11 Å². The average Bonchev–Trinajstić information content (AvgIpc) is 2.99. The van der Waals surface area contributed by atoms with E-state index in [1.54, 1.807) is 11.6 Å². The van der Waals surface area contributed by atoms with Crippen molar-refractivity contribution in [3.05, 3.63) is 52.8 Å². The zero-order valence-electron chi connectivity index (χ0n) is 14.6. The lowest BCUT2D eigenvalue weighted by Crippen LogP contribution is -2.40. The zero-order valence-corrected chi connectivity index (χ0v) is 14.6. The van der Waals surface area contributed by atoms with Crippen molar-refractivity contribution in [3.63, 3.8) is 0 Å². The second kappa shape index (κ2) is 7.09. The maximum atomic E-state index is 12.5. The fourth-order valence-corrected chi connectivity index (χ4v) is 3.44. The number of aromatic nitrogens is 2. The number of carbonyl (C=O) groups excluding carboxylic acids is 1. The largest absolute Gasteiger partial charge is 0.478 e. The topological polar surface area (TPSA) is 75.4 Å². The van der Waals surface area contributed by atoms with Crippen LogP contribution < -0.4 is 0 Å². The molecule has 132 valence electrons. The summed E-state index contributed by atoms with van der Waals surface area (Å²) in [6, 6.07) is 8.11. The van der Waals surface area contributed by atoms with Gasteiger partial charge in [-0.25, -0.2) is 4.79 Å². The molecule has 0 bridgehead atoms. The second-order valence-corrected chi connectivity index (χ2v) is 6.61. The molecule has 1 amide bonds. The van der Waals surface area contributed by atoms with E-state index in [-0.39, 0.29) is 17.5 Å². The minimum Gasteiger partial charge on any atom is -0.478 e. The normalized spacial score (nSPS) is 15.4. The monoisotopic (exact) mass is 341 g/mol. The summed E-state index contributed by atoms with van der Waals surface area (Å²) in [5.74, 6) is -0.800. The highest BCUT2D eigenvalue weighted by atomic mass is 16.4. The van der Waals surface area contributed by atoms with Gasteiger partial charge in [0.2, 0.25) is 5.91 Å². The number of carbonyl (C=O) groups is 2. The van der Waals surface area contributed by atoms with Crippen molar-refractivity contribution in [3.8, 4) is 0 Å². The predicted octanol–water partition coefficient (Wildman–Crippen LogP) is 2.60. The lowest BCUT2D eigenvalue weighted by Gasteiger charge is -2.33. The minimum absolute atomic E-state index is 0.149. The summed E-state index contributed by atoms with van der Waals surface area (Å²) < 4.78 is 1.80. The quantitative estimate of drug-likeness (QED) is 0.927. The summed E-state index contributed by atoms with van der Waals surface area (Å²) in [4.78, 5) is 25.6. The Morgan fingerprint density at radius 3 is 2.48 bits per heavy atom. The summed E-state index contributed by atoms with van der Waals surface area (Å²) in [5.41, 5.74) is 3.14. The molecule has 25 heavy (non-hydrogen) atoms. The van der Waals surface area contributed by atoms with Crippen LogP contribution in [0.3, 0.4) is 0 Å².